The average Bonchev–Trinajstić information content (AvgIpc) is 2.82. The second-order valence-electron chi connectivity index (χ2n) is 7.38. The maximum atomic E-state index is 12.9. The minimum atomic E-state index is -0.344. The van der Waals surface area contributed by atoms with Crippen molar-refractivity contribution in [1.29, 1.82) is 0 Å². The first-order valence-electron chi connectivity index (χ1n) is 10.9. The molecule has 8 heteroatoms. The maximum Gasteiger partial charge on any atom is 0.257 e. The molecule has 0 aromatic heterocycles. The molecule has 1 saturated heterocycles. The van der Waals surface area contributed by atoms with Crippen molar-refractivity contribution in [2.45, 2.75) is 26.2 Å². The molecule has 7 nitrogen and oxygen atoms in total. The highest BCUT2D eigenvalue weighted by Gasteiger charge is 2.21. The predicted octanol–water partition coefficient (Wildman–Crippen LogP) is 3.85. The normalized spacial score (nSPS) is 13.3. The van der Waals surface area contributed by atoms with Gasteiger partial charge in [0.05, 0.1) is 17.9 Å². The Bertz CT molecular complexity index is 927. The highest BCUT2D eigenvalue weighted by molar-refractivity contribution is 7.80. The molecule has 1 aliphatic rings. The number of anilines is 1. The molecule has 0 saturated carbocycles. The summed E-state index contributed by atoms with van der Waals surface area (Å²) in [6, 6.07) is 14.0. The molecule has 2 aromatic rings. The van der Waals surface area contributed by atoms with E-state index >= 15 is 0 Å². The van der Waals surface area contributed by atoms with Crippen molar-refractivity contribution < 1.29 is 19.1 Å². The molecule has 1 aliphatic heterocycles. The van der Waals surface area contributed by atoms with Gasteiger partial charge < -0.3 is 19.7 Å². The van der Waals surface area contributed by atoms with Gasteiger partial charge in [0, 0.05) is 25.3 Å². The van der Waals surface area contributed by atoms with E-state index in [0.29, 0.717) is 42.4 Å². The Morgan fingerprint density at radius 3 is 2.44 bits per heavy atom. The Balaban J connectivity index is 1.56. The topological polar surface area (TPSA) is 79.9 Å². The summed E-state index contributed by atoms with van der Waals surface area (Å²) in [5.74, 6) is 0.289. The Hall–Kier alpha value is -2.97. The second kappa shape index (κ2) is 12.2. The fourth-order valence-corrected chi connectivity index (χ4v) is 3.64. The van der Waals surface area contributed by atoms with Crippen LogP contribution >= 0.6 is 12.2 Å². The van der Waals surface area contributed by atoms with Crippen molar-refractivity contribution in [1.82, 2.24) is 10.2 Å². The number of hydrogen-bond donors (Lipinski definition) is 2. The van der Waals surface area contributed by atoms with Crippen LogP contribution in [0.4, 0.5) is 5.69 Å². The van der Waals surface area contributed by atoms with Crippen LogP contribution in [0, 0.1) is 0 Å². The molecule has 0 unspecified atom stereocenters. The summed E-state index contributed by atoms with van der Waals surface area (Å²) in [7, 11) is 0. The fourth-order valence-electron chi connectivity index (χ4n) is 3.44. The van der Waals surface area contributed by atoms with Crippen LogP contribution < -0.4 is 15.4 Å². The van der Waals surface area contributed by atoms with E-state index < -0.39 is 0 Å². The molecule has 0 bridgehead atoms. The standard InChI is InChI=1S/C24H29N3O4S/c1-2-30-16-17-31-19-12-10-18(11-13-19)22(28)26-24(32)25-21-9-5-4-8-20(21)23(29)27-14-6-3-7-15-27/h4-5,8-13H,2-3,6-7,14-17H2,1H3,(H2,25,26,28,32). The number of rotatable bonds is 8. The molecule has 1 heterocycles. The van der Waals surface area contributed by atoms with Crippen LogP contribution in [-0.2, 0) is 4.74 Å². The number of piperidine rings is 1. The first-order valence-corrected chi connectivity index (χ1v) is 11.3. The van der Waals surface area contributed by atoms with Crippen molar-refractivity contribution in [2.24, 2.45) is 0 Å². The number of thiocarbonyl (C=S) groups is 1. The van der Waals surface area contributed by atoms with Crippen molar-refractivity contribution in [3.05, 3.63) is 59.7 Å². The fraction of sp³-hybridized carbons (Fsp3) is 0.375. The van der Waals surface area contributed by atoms with Crippen LogP contribution in [0.2, 0.25) is 0 Å². The van der Waals surface area contributed by atoms with Crippen molar-refractivity contribution >= 4 is 34.8 Å². The minimum Gasteiger partial charge on any atom is -0.491 e. The Morgan fingerprint density at radius 1 is 1.00 bits per heavy atom. The zero-order chi connectivity index (χ0) is 22.8. The van der Waals surface area contributed by atoms with Crippen molar-refractivity contribution in [2.75, 3.05) is 38.2 Å². The maximum absolute atomic E-state index is 12.9. The number of likely N-dealkylation sites (tertiary alicyclic amines) is 1. The number of amides is 2. The van der Waals surface area contributed by atoms with Gasteiger partial charge in [0.15, 0.2) is 5.11 Å². The molecule has 32 heavy (non-hydrogen) atoms. The van der Waals surface area contributed by atoms with Crippen LogP contribution in [-0.4, -0.2) is 54.7 Å². The predicted molar refractivity (Wildman–Crippen MR) is 128 cm³/mol. The van der Waals surface area contributed by atoms with Gasteiger partial charge >= 0.3 is 0 Å². The minimum absolute atomic E-state index is 0.0261. The zero-order valence-corrected chi connectivity index (χ0v) is 19.1. The van der Waals surface area contributed by atoms with Gasteiger partial charge in [-0.2, -0.15) is 0 Å². The summed E-state index contributed by atoms with van der Waals surface area (Å²) in [6.45, 7) is 5.06. The van der Waals surface area contributed by atoms with E-state index in [-0.39, 0.29) is 16.9 Å². The lowest BCUT2D eigenvalue weighted by atomic mass is 10.1. The molecule has 0 spiro atoms. The van der Waals surface area contributed by atoms with Gasteiger partial charge in [0.1, 0.15) is 12.4 Å². The molecular formula is C24H29N3O4S. The van der Waals surface area contributed by atoms with Crippen LogP contribution in [0.5, 0.6) is 5.75 Å². The Labute approximate surface area is 194 Å². The molecule has 0 atom stereocenters. The van der Waals surface area contributed by atoms with Gasteiger partial charge in [-0.15, -0.1) is 0 Å². The average molecular weight is 456 g/mol. The SMILES string of the molecule is CCOCCOc1ccc(C(=O)NC(=S)Nc2ccccc2C(=O)N2CCCCC2)cc1. The molecule has 2 amide bonds. The summed E-state index contributed by atoms with van der Waals surface area (Å²) in [5.41, 5.74) is 1.56. The van der Waals surface area contributed by atoms with Gasteiger partial charge in [0.25, 0.3) is 11.8 Å². The largest absolute Gasteiger partial charge is 0.491 e. The van der Waals surface area contributed by atoms with Gasteiger partial charge in [-0.25, -0.2) is 0 Å². The number of nitrogens with one attached hydrogen (secondary N) is 2. The van der Waals surface area contributed by atoms with Crippen LogP contribution in [0.25, 0.3) is 0 Å². The van der Waals surface area contributed by atoms with E-state index in [1.165, 1.54) is 0 Å². The van der Waals surface area contributed by atoms with Crippen molar-refractivity contribution in [3.8, 4) is 5.75 Å². The third-order valence-corrected chi connectivity index (χ3v) is 5.30. The first-order chi connectivity index (χ1) is 15.6. The van der Waals surface area contributed by atoms with Gasteiger partial charge in [0.2, 0.25) is 0 Å². The lowest BCUT2D eigenvalue weighted by Gasteiger charge is -2.27. The summed E-state index contributed by atoms with van der Waals surface area (Å²) in [6.07, 6.45) is 3.19. The lowest BCUT2D eigenvalue weighted by molar-refractivity contribution is 0.0725. The number of benzene rings is 2. The van der Waals surface area contributed by atoms with E-state index in [9.17, 15) is 9.59 Å². The molecule has 0 aliphatic carbocycles. The first kappa shape index (κ1) is 23.7. The number of nitrogens with zero attached hydrogens (tertiary/aromatic N) is 1. The number of para-hydroxylation sites is 1. The molecule has 1 fully saturated rings. The zero-order valence-electron chi connectivity index (χ0n) is 18.3. The number of carbonyl (C=O) groups is 2. The van der Waals surface area contributed by atoms with Gasteiger partial charge in [-0.3, -0.25) is 14.9 Å². The number of ether oxygens (including phenoxy) is 2. The van der Waals surface area contributed by atoms with E-state index in [2.05, 4.69) is 10.6 Å². The van der Waals surface area contributed by atoms with Gasteiger partial charge in [-0.05, 0) is 74.8 Å². The molecule has 2 aromatic carbocycles. The summed E-state index contributed by atoms with van der Waals surface area (Å²) in [4.78, 5) is 27.3. The van der Waals surface area contributed by atoms with Crippen molar-refractivity contribution in [3.63, 3.8) is 0 Å². The van der Waals surface area contributed by atoms with Crippen LogP contribution in [0.1, 0.15) is 46.9 Å². The Morgan fingerprint density at radius 2 is 1.72 bits per heavy atom. The molecule has 0 radical (unpaired) electrons. The van der Waals surface area contributed by atoms with E-state index in [1.54, 1.807) is 36.4 Å². The van der Waals surface area contributed by atoms with Gasteiger partial charge in [-0.1, -0.05) is 12.1 Å². The highest BCUT2D eigenvalue weighted by Crippen LogP contribution is 2.20. The molecule has 170 valence electrons. The lowest BCUT2D eigenvalue weighted by Crippen LogP contribution is -2.37. The molecule has 2 N–H and O–H groups in total. The van der Waals surface area contributed by atoms with E-state index in [4.69, 9.17) is 21.7 Å². The summed E-state index contributed by atoms with van der Waals surface area (Å²) >= 11 is 5.32. The van der Waals surface area contributed by atoms with E-state index in [0.717, 1.165) is 32.4 Å². The quantitative estimate of drug-likeness (QED) is 0.465. The second-order valence-corrected chi connectivity index (χ2v) is 7.78. The smallest absolute Gasteiger partial charge is 0.257 e. The molecular weight excluding hydrogens is 426 g/mol. The Kier molecular flexibility index (Phi) is 9.01. The highest BCUT2D eigenvalue weighted by atomic mass is 32.1. The summed E-state index contributed by atoms with van der Waals surface area (Å²) < 4.78 is 10.8. The third-order valence-electron chi connectivity index (χ3n) is 5.09. The summed E-state index contributed by atoms with van der Waals surface area (Å²) in [5, 5.41) is 5.79. The van der Waals surface area contributed by atoms with Crippen LogP contribution in [0.3, 0.4) is 0 Å². The third kappa shape index (κ3) is 6.77. The number of hydrogen-bond acceptors (Lipinski definition) is 5. The van der Waals surface area contributed by atoms with Crippen LogP contribution in [0.15, 0.2) is 48.5 Å². The molecule has 3 rings (SSSR count). The monoisotopic (exact) mass is 455 g/mol. The number of carbonyl (C=O) groups excluding carboxylic acids is 2. The van der Waals surface area contributed by atoms with E-state index in [1.807, 2.05) is 24.0 Å².